The van der Waals surface area contributed by atoms with Crippen molar-refractivity contribution >= 4 is 34.5 Å². The van der Waals surface area contributed by atoms with E-state index in [0.29, 0.717) is 27.9 Å². The zero-order valence-corrected chi connectivity index (χ0v) is 22.3. The van der Waals surface area contributed by atoms with Crippen molar-refractivity contribution in [2.24, 2.45) is 5.92 Å². The van der Waals surface area contributed by atoms with Crippen LogP contribution in [0, 0.1) is 5.92 Å². The summed E-state index contributed by atoms with van der Waals surface area (Å²) in [4.78, 5) is 37.9. The minimum Gasteiger partial charge on any atom is -0.460 e. The molecular weight excluding hydrogens is 490 g/mol. The number of amides is 2. The van der Waals surface area contributed by atoms with Crippen LogP contribution in [-0.2, 0) is 16.1 Å². The van der Waals surface area contributed by atoms with Crippen LogP contribution >= 0.6 is 11.6 Å². The molecule has 1 fully saturated rings. The maximum Gasteiger partial charge on any atom is 0.315 e. The van der Waals surface area contributed by atoms with E-state index in [-0.39, 0.29) is 35.9 Å². The van der Waals surface area contributed by atoms with Gasteiger partial charge < -0.3 is 19.9 Å². The third-order valence-electron chi connectivity index (χ3n) is 6.57. The van der Waals surface area contributed by atoms with Gasteiger partial charge in [0.05, 0.1) is 5.52 Å². The highest BCUT2D eigenvalue weighted by molar-refractivity contribution is 6.31. The van der Waals surface area contributed by atoms with Gasteiger partial charge in [-0.15, -0.1) is 0 Å². The number of rotatable bonds is 6. The first kappa shape index (κ1) is 26.7. The predicted octanol–water partition coefficient (Wildman–Crippen LogP) is 5.73. The standard InChI is InChI=1S/C29H34ClN3O4/c1-29(2,3)37-26(34)15-19-9-12-22(13-10-19)32-28(36)31-17-20-18-33(23-7-5-4-6-8-23)25-16-21(30)11-14-24(25)27(20)35/h4-8,11,14,16,18-19,22H,9-10,12-13,15,17H2,1-3H3,(H2,31,32,36). The Morgan fingerprint density at radius 2 is 1.76 bits per heavy atom. The molecule has 1 aromatic heterocycles. The molecule has 37 heavy (non-hydrogen) atoms. The molecule has 0 bridgehead atoms. The molecule has 1 aliphatic rings. The van der Waals surface area contributed by atoms with Gasteiger partial charge in [0.2, 0.25) is 0 Å². The number of urea groups is 1. The summed E-state index contributed by atoms with van der Waals surface area (Å²) in [5.41, 5.74) is 1.47. The summed E-state index contributed by atoms with van der Waals surface area (Å²) in [5.74, 6) is 0.110. The Morgan fingerprint density at radius 1 is 1.05 bits per heavy atom. The van der Waals surface area contributed by atoms with E-state index in [1.165, 1.54) is 0 Å². The molecule has 196 valence electrons. The van der Waals surface area contributed by atoms with E-state index in [9.17, 15) is 14.4 Å². The van der Waals surface area contributed by atoms with Gasteiger partial charge in [0, 0.05) is 46.9 Å². The molecule has 8 heteroatoms. The number of pyridine rings is 1. The lowest BCUT2D eigenvalue weighted by Gasteiger charge is -2.29. The van der Waals surface area contributed by atoms with Gasteiger partial charge in [-0.05, 0) is 82.7 Å². The van der Waals surface area contributed by atoms with E-state index >= 15 is 0 Å². The molecule has 4 rings (SSSR count). The van der Waals surface area contributed by atoms with E-state index in [1.54, 1.807) is 24.4 Å². The Bertz CT molecular complexity index is 1320. The summed E-state index contributed by atoms with van der Waals surface area (Å²) in [6.07, 6.45) is 5.50. The third kappa shape index (κ3) is 7.13. The van der Waals surface area contributed by atoms with Gasteiger partial charge in [0.15, 0.2) is 5.43 Å². The fraction of sp³-hybridized carbons (Fsp3) is 0.414. The minimum atomic E-state index is -0.476. The monoisotopic (exact) mass is 523 g/mol. The summed E-state index contributed by atoms with van der Waals surface area (Å²) in [6.45, 7) is 5.71. The van der Waals surface area contributed by atoms with Crippen LogP contribution < -0.4 is 16.1 Å². The maximum atomic E-state index is 13.2. The van der Waals surface area contributed by atoms with Gasteiger partial charge in [0.25, 0.3) is 0 Å². The molecule has 0 unspecified atom stereocenters. The number of nitrogens with zero attached hydrogens (tertiary/aromatic N) is 1. The summed E-state index contributed by atoms with van der Waals surface area (Å²) in [6, 6.07) is 14.6. The Kier molecular flexibility index (Phi) is 8.22. The van der Waals surface area contributed by atoms with Crippen molar-refractivity contribution in [2.45, 2.75) is 71.1 Å². The number of nitrogens with one attached hydrogen (secondary N) is 2. The number of hydrogen-bond acceptors (Lipinski definition) is 4. The van der Waals surface area contributed by atoms with Crippen molar-refractivity contribution in [2.75, 3.05) is 0 Å². The fourth-order valence-electron chi connectivity index (χ4n) is 4.82. The lowest BCUT2D eigenvalue weighted by molar-refractivity contribution is -0.156. The van der Waals surface area contributed by atoms with E-state index < -0.39 is 5.60 Å². The van der Waals surface area contributed by atoms with Crippen LogP contribution in [-0.4, -0.2) is 28.2 Å². The third-order valence-corrected chi connectivity index (χ3v) is 6.81. The van der Waals surface area contributed by atoms with Gasteiger partial charge >= 0.3 is 12.0 Å². The Labute approximate surface area is 222 Å². The zero-order chi connectivity index (χ0) is 26.6. The molecule has 1 aliphatic carbocycles. The average Bonchev–Trinajstić information content (AvgIpc) is 2.84. The molecule has 0 spiro atoms. The van der Waals surface area contributed by atoms with Crippen molar-refractivity contribution in [1.29, 1.82) is 0 Å². The van der Waals surface area contributed by atoms with Crippen LogP contribution in [0.25, 0.3) is 16.6 Å². The molecule has 0 atom stereocenters. The van der Waals surface area contributed by atoms with Gasteiger partial charge in [-0.25, -0.2) is 4.79 Å². The number of benzene rings is 2. The van der Waals surface area contributed by atoms with Crippen LogP contribution in [0.5, 0.6) is 0 Å². The molecular formula is C29H34ClN3O4. The van der Waals surface area contributed by atoms with Crippen LogP contribution in [0.3, 0.4) is 0 Å². The van der Waals surface area contributed by atoms with Gasteiger partial charge in [-0.3, -0.25) is 9.59 Å². The first-order chi connectivity index (χ1) is 17.6. The number of ether oxygens (including phenoxy) is 1. The number of esters is 1. The van der Waals surface area contributed by atoms with E-state index in [0.717, 1.165) is 31.4 Å². The van der Waals surface area contributed by atoms with Crippen LogP contribution in [0.2, 0.25) is 5.02 Å². The molecule has 0 radical (unpaired) electrons. The summed E-state index contributed by atoms with van der Waals surface area (Å²) >= 11 is 6.22. The molecule has 1 heterocycles. The van der Waals surface area contributed by atoms with E-state index in [1.807, 2.05) is 55.7 Å². The largest absolute Gasteiger partial charge is 0.460 e. The minimum absolute atomic E-state index is 0.0367. The van der Waals surface area contributed by atoms with Crippen molar-refractivity contribution in [3.8, 4) is 5.69 Å². The summed E-state index contributed by atoms with van der Waals surface area (Å²) in [7, 11) is 0. The summed E-state index contributed by atoms with van der Waals surface area (Å²) < 4.78 is 7.35. The number of carbonyl (C=O) groups is 2. The molecule has 0 saturated heterocycles. The lowest BCUT2D eigenvalue weighted by atomic mass is 9.84. The van der Waals surface area contributed by atoms with Gasteiger partial charge in [0.1, 0.15) is 5.60 Å². The van der Waals surface area contributed by atoms with Crippen molar-refractivity contribution in [3.63, 3.8) is 0 Å². The Hall–Kier alpha value is -3.32. The molecule has 2 N–H and O–H groups in total. The normalized spacial score (nSPS) is 17.8. The Morgan fingerprint density at radius 3 is 2.43 bits per heavy atom. The number of para-hydroxylation sites is 1. The first-order valence-electron chi connectivity index (χ1n) is 12.7. The van der Waals surface area contributed by atoms with Gasteiger partial charge in [-0.2, -0.15) is 0 Å². The van der Waals surface area contributed by atoms with Crippen LogP contribution in [0.1, 0.15) is 58.4 Å². The molecule has 2 aromatic carbocycles. The number of carbonyl (C=O) groups excluding carboxylic acids is 2. The van der Waals surface area contributed by atoms with Crippen molar-refractivity contribution in [1.82, 2.24) is 15.2 Å². The topological polar surface area (TPSA) is 89.4 Å². The van der Waals surface area contributed by atoms with Crippen molar-refractivity contribution < 1.29 is 14.3 Å². The molecule has 1 saturated carbocycles. The second kappa shape index (κ2) is 11.4. The van der Waals surface area contributed by atoms with E-state index in [2.05, 4.69) is 10.6 Å². The number of fused-ring (bicyclic) bond motifs is 1. The van der Waals surface area contributed by atoms with Gasteiger partial charge in [-0.1, -0.05) is 29.8 Å². The Balaban J connectivity index is 1.37. The molecule has 0 aliphatic heterocycles. The number of hydrogen-bond donors (Lipinski definition) is 2. The summed E-state index contributed by atoms with van der Waals surface area (Å²) in [5, 5.41) is 6.95. The van der Waals surface area contributed by atoms with Crippen molar-refractivity contribution in [3.05, 3.63) is 75.5 Å². The quantitative estimate of drug-likeness (QED) is 0.403. The smallest absolute Gasteiger partial charge is 0.315 e. The number of aromatic nitrogens is 1. The highest BCUT2D eigenvalue weighted by Gasteiger charge is 2.26. The second-order valence-corrected chi connectivity index (χ2v) is 11.1. The molecule has 7 nitrogen and oxygen atoms in total. The highest BCUT2D eigenvalue weighted by Crippen LogP contribution is 2.28. The zero-order valence-electron chi connectivity index (χ0n) is 21.6. The lowest BCUT2D eigenvalue weighted by Crippen LogP contribution is -2.44. The first-order valence-corrected chi connectivity index (χ1v) is 13.1. The number of halogens is 1. The highest BCUT2D eigenvalue weighted by atomic mass is 35.5. The molecule has 3 aromatic rings. The predicted molar refractivity (Wildman–Crippen MR) is 146 cm³/mol. The average molecular weight is 524 g/mol. The molecule has 2 amide bonds. The maximum absolute atomic E-state index is 13.2. The van der Waals surface area contributed by atoms with Crippen LogP contribution in [0.4, 0.5) is 4.79 Å². The second-order valence-electron chi connectivity index (χ2n) is 10.7. The SMILES string of the molecule is CC(C)(C)OC(=O)CC1CCC(NC(=O)NCc2cn(-c3ccccc3)c3cc(Cl)ccc3c2=O)CC1. The van der Waals surface area contributed by atoms with E-state index in [4.69, 9.17) is 16.3 Å². The van der Waals surface area contributed by atoms with Crippen LogP contribution in [0.15, 0.2) is 59.5 Å². The fourth-order valence-corrected chi connectivity index (χ4v) is 4.99.